The van der Waals surface area contributed by atoms with E-state index < -0.39 is 24.0 Å². The molecule has 6 nitrogen and oxygen atoms in total. The molecule has 2 amide bonds. The van der Waals surface area contributed by atoms with Gasteiger partial charge in [0.25, 0.3) is 0 Å². The molecule has 1 unspecified atom stereocenters. The van der Waals surface area contributed by atoms with Crippen molar-refractivity contribution in [3.05, 3.63) is 29.1 Å². The SMILES string of the molecule is CC(C)(C)C1c2cc(F)c(N3CC[C@H](N)C3=O)cc2CCN1C(=O)O. The van der Waals surface area contributed by atoms with Gasteiger partial charge in [0.15, 0.2) is 0 Å². The van der Waals surface area contributed by atoms with Gasteiger partial charge in [0.1, 0.15) is 5.82 Å². The van der Waals surface area contributed by atoms with Crippen LogP contribution in [0.2, 0.25) is 0 Å². The van der Waals surface area contributed by atoms with E-state index in [-0.39, 0.29) is 17.0 Å². The summed E-state index contributed by atoms with van der Waals surface area (Å²) in [6, 6.07) is 2.07. The molecule has 2 aliphatic heterocycles. The lowest BCUT2D eigenvalue weighted by Gasteiger charge is -2.43. The predicted octanol–water partition coefficient (Wildman–Crippen LogP) is 2.51. The molecule has 3 rings (SSSR count). The lowest BCUT2D eigenvalue weighted by atomic mass is 9.77. The van der Waals surface area contributed by atoms with Crippen molar-refractivity contribution in [3.8, 4) is 0 Å². The third-order valence-corrected chi connectivity index (χ3v) is 5.04. The van der Waals surface area contributed by atoms with Crippen molar-refractivity contribution in [2.75, 3.05) is 18.0 Å². The maximum atomic E-state index is 14.8. The van der Waals surface area contributed by atoms with Crippen molar-refractivity contribution in [1.82, 2.24) is 4.90 Å². The van der Waals surface area contributed by atoms with E-state index in [0.717, 1.165) is 5.56 Å². The summed E-state index contributed by atoms with van der Waals surface area (Å²) in [7, 11) is 0. The number of rotatable bonds is 1. The molecule has 136 valence electrons. The van der Waals surface area contributed by atoms with Gasteiger partial charge < -0.3 is 20.6 Å². The Hall–Kier alpha value is -2.15. The highest BCUT2D eigenvalue weighted by Crippen LogP contribution is 2.44. The van der Waals surface area contributed by atoms with E-state index in [0.29, 0.717) is 31.5 Å². The van der Waals surface area contributed by atoms with Gasteiger partial charge in [0, 0.05) is 13.1 Å². The fourth-order valence-corrected chi connectivity index (χ4v) is 3.92. The number of nitrogens with two attached hydrogens (primary N) is 1. The van der Waals surface area contributed by atoms with Gasteiger partial charge in [-0.25, -0.2) is 9.18 Å². The summed E-state index contributed by atoms with van der Waals surface area (Å²) in [4.78, 5) is 26.5. The van der Waals surface area contributed by atoms with Gasteiger partial charge in [-0.05, 0) is 41.5 Å². The summed E-state index contributed by atoms with van der Waals surface area (Å²) in [6.45, 7) is 6.58. The van der Waals surface area contributed by atoms with E-state index >= 15 is 0 Å². The first-order valence-corrected chi connectivity index (χ1v) is 8.50. The maximum absolute atomic E-state index is 14.8. The predicted molar refractivity (Wildman–Crippen MR) is 92.0 cm³/mol. The molecule has 0 aromatic heterocycles. The Balaban J connectivity index is 2.07. The standard InChI is InChI=1S/C18H24FN3O3/c1-18(2,3)15-11-9-12(19)14(21-7-5-13(20)16(21)23)8-10(11)4-6-22(15)17(24)25/h8-9,13,15H,4-7,20H2,1-3H3,(H,24,25)/t13-,15?/m0/s1. The van der Waals surface area contributed by atoms with Crippen molar-refractivity contribution in [2.45, 2.75) is 45.7 Å². The molecule has 1 saturated heterocycles. The van der Waals surface area contributed by atoms with E-state index in [1.807, 2.05) is 20.8 Å². The molecule has 3 N–H and O–H groups in total. The molecular formula is C18H24FN3O3. The molecule has 2 aliphatic rings. The van der Waals surface area contributed by atoms with Gasteiger partial charge in [-0.2, -0.15) is 0 Å². The largest absolute Gasteiger partial charge is 0.465 e. The van der Waals surface area contributed by atoms with Crippen molar-refractivity contribution < 1.29 is 19.1 Å². The van der Waals surface area contributed by atoms with Crippen LogP contribution in [0.1, 0.15) is 44.4 Å². The summed E-state index contributed by atoms with van der Waals surface area (Å²) in [6.07, 6.45) is -0.00161. The summed E-state index contributed by atoms with van der Waals surface area (Å²) >= 11 is 0. The van der Waals surface area contributed by atoms with Crippen LogP contribution in [-0.2, 0) is 11.2 Å². The molecule has 2 heterocycles. The molecule has 1 aromatic rings. The fourth-order valence-electron chi connectivity index (χ4n) is 3.92. The summed E-state index contributed by atoms with van der Waals surface area (Å²) in [5.41, 5.74) is 7.17. The van der Waals surface area contributed by atoms with Crippen LogP contribution in [0.4, 0.5) is 14.9 Å². The molecule has 0 radical (unpaired) electrons. The number of carbonyl (C=O) groups is 2. The Morgan fingerprint density at radius 1 is 1.32 bits per heavy atom. The molecule has 0 spiro atoms. The zero-order valence-electron chi connectivity index (χ0n) is 14.8. The van der Waals surface area contributed by atoms with E-state index in [1.165, 1.54) is 15.9 Å². The van der Waals surface area contributed by atoms with Crippen LogP contribution in [0.25, 0.3) is 0 Å². The molecule has 0 aliphatic carbocycles. The molecule has 0 saturated carbocycles. The Morgan fingerprint density at radius 3 is 2.52 bits per heavy atom. The Bertz CT molecular complexity index is 729. The lowest BCUT2D eigenvalue weighted by Crippen LogP contribution is -2.45. The van der Waals surface area contributed by atoms with E-state index in [2.05, 4.69) is 0 Å². The van der Waals surface area contributed by atoms with Crippen molar-refractivity contribution in [2.24, 2.45) is 11.1 Å². The molecule has 2 atom stereocenters. The zero-order valence-corrected chi connectivity index (χ0v) is 14.8. The van der Waals surface area contributed by atoms with Crippen LogP contribution >= 0.6 is 0 Å². The second-order valence-corrected chi connectivity index (χ2v) is 7.88. The highest BCUT2D eigenvalue weighted by atomic mass is 19.1. The average molecular weight is 349 g/mol. The van der Waals surface area contributed by atoms with Gasteiger partial charge in [-0.1, -0.05) is 20.8 Å². The van der Waals surface area contributed by atoms with Crippen LogP contribution in [0.5, 0.6) is 0 Å². The van der Waals surface area contributed by atoms with Gasteiger partial charge >= 0.3 is 6.09 Å². The smallest absolute Gasteiger partial charge is 0.407 e. The minimum Gasteiger partial charge on any atom is -0.465 e. The molecule has 1 aromatic carbocycles. The number of anilines is 1. The molecule has 1 fully saturated rings. The van der Waals surface area contributed by atoms with Gasteiger partial charge in [-0.3, -0.25) is 4.79 Å². The molecule has 25 heavy (non-hydrogen) atoms. The van der Waals surface area contributed by atoms with E-state index in [9.17, 15) is 19.1 Å². The lowest BCUT2D eigenvalue weighted by molar-refractivity contribution is -0.118. The molecule has 7 heteroatoms. The summed E-state index contributed by atoms with van der Waals surface area (Å²) < 4.78 is 14.8. The maximum Gasteiger partial charge on any atom is 0.407 e. The topological polar surface area (TPSA) is 86.9 Å². The number of halogens is 1. The monoisotopic (exact) mass is 349 g/mol. The summed E-state index contributed by atoms with van der Waals surface area (Å²) in [5, 5.41) is 9.52. The van der Waals surface area contributed by atoms with Gasteiger partial charge in [0.2, 0.25) is 5.91 Å². The minimum atomic E-state index is -1.00. The first-order chi connectivity index (χ1) is 11.6. The Morgan fingerprint density at radius 2 is 2.00 bits per heavy atom. The molecular weight excluding hydrogens is 325 g/mol. The number of carboxylic acid groups (broad SMARTS) is 1. The van der Waals surface area contributed by atoms with Crippen LogP contribution in [0.3, 0.4) is 0 Å². The Kier molecular flexibility index (Phi) is 4.23. The zero-order chi connectivity index (χ0) is 18.5. The first-order valence-electron chi connectivity index (χ1n) is 8.50. The molecule has 0 bridgehead atoms. The number of carbonyl (C=O) groups excluding carboxylic acids is 1. The third-order valence-electron chi connectivity index (χ3n) is 5.04. The minimum absolute atomic E-state index is 0.244. The van der Waals surface area contributed by atoms with Crippen LogP contribution in [-0.4, -0.2) is 41.1 Å². The number of fused-ring (bicyclic) bond motifs is 1. The van der Waals surface area contributed by atoms with Crippen molar-refractivity contribution >= 4 is 17.7 Å². The van der Waals surface area contributed by atoms with E-state index in [1.54, 1.807) is 6.07 Å². The average Bonchev–Trinajstić information content (AvgIpc) is 2.84. The number of nitrogens with zero attached hydrogens (tertiary/aromatic N) is 2. The number of amides is 2. The quantitative estimate of drug-likeness (QED) is 0.815. The first kappa shape index (κ1) is 17.7. The second-order valence-electron chi connectivity index (χ2n) is 7.88. The van der Waals surface area contributed by atoms with Crippen LogP contribution < -0.4 is 10.6 Å². The van der Waals surface area contributed by atoms with E-state index in [4.69, 9.17) is 5.73 Å². The van der Waals surface area contributed by atoms with Crippen molar-refractivity contribution in [3.63, 3.8) is 0 Å². The number of benzene rings is 1. The normalized spacial score (nSPS) is 23.8. The van der Waals surface area contributed by atoms with Gasteiger partial charge in [0.05, 0.1) is 17.8 Å². The van der Waals surface area contributed by atoms with Crippen molar-refractivity contribution in [1.29, 1.82) is 0 Å². The second kappa shape index (κ2) is 5.98. The van der Waals surface area contributed by atoms with Gasteiger partial charge in [-0.15, -0.1) is 0 Å². The highest BCUT2D eigenvalue weighted by Gasteiger charge is 2.40. The van der Waals surface area contributed by atoms with Crippen LogP contribution in [0.15, 0.2) is 12.1 Å². The summed E-state index contributed by atoms with van der Waals surface area (Å²) in [5.74, 6) is -0.781. The fraction of sp³-hybridized carbons (Fsp3) is 0.556. The third kappa shape index (κ3) is 2.97. The van der Waals surface area contributed by atoms with Crippen LogP contribution in [0, 0.1) is 11.2 Å². The highest BCUT2D eigenvalue weighted by molar-refractivity contribution is 5.99. The number of hydrogen-bond donors (Lipinski definition) is 2. The number of hydrogen-bond acceptors (Lipinski definition) is 3. The Labute approximate surface area is 146 Å².